The van der Waals surface area contributed by atoms with Crippen molar-refractivity contribution in [1.29, 1.82) is 0 Å². The van der Waals surface area contributed by atoms with Crippen molar-refractivity contribution < 1.29 is 18.8 Å². The summed E-state index contributed by atoms with van der Waals surface area (Å²) in [5.41, 5.74) is -0.556. The molecule has 2 aliphatic rings. The second-order valence-electron chi connectivity index (χ2n) is 8.49. The van der Waals surface area contributed by atoms with E-state index in [4.69, 9.17) is 9.26 Å². The average Bonchev–Trinajstić information content (AvgIpc) is 3.11. The van der Waals surface area contributed by atoms with Crippen LogP contribution in [-0.2, 0) is 26.3 Å². The van der Waals surface area contributed by atoms with Crippen molar-refractivity contribution in [3.05, 3.63) is 11.7 Å². The second-order valence-corrected chi connectivity index (χ2v) is 8.49. The van der Waals surface area contributed by atoms with Crippen LogP contribution in [0.1, 0.15) is 70.5 Å². The molecule has 1 aliphatic carbocycles. The molecule has 0 radical (unpaired) electrons. The molecule has 1 atom stereocenters. The standard InChI is InChI=1S/C21H35N5O4/c1-16(26-11-13-29-14-12-26)15-22-18(28)7-8-19-23-20(25-30-19)21(24-17(2)27)9-5-3-4-6-10-21/h16H,3-15H2,1-2H3,(H,22,28)(H,24,27). The van der Waals surface area contributed by atoms with Gasteiger partial charge in [0.15, 0.2) is 5.82 Å². The zero-order valence-corrected chi connectivity index (χ0v) is 18.2. The summed E-state index contributed by atoms with van der Waals surface area (Å²) in [5, 5.41) is 10.2. The Kier molecular flexibility index (Phi) is 8.21. The van der Waals surface area contributed by atoms with Crippen molar-refractivity contribution in [2.75, 3.05) is 32.8 Å². The van der Waals surface area contributed by atoms with Crippen LogP contribution in [-0.4, -0.2) is 65.7 Å². The van der Waals surface area contributed by atoms with Gasteiger partial charge in [0.2, 0.25) is 17.7 Å². The Bertz CT molecular complexity index is 693. The number of amides is 2. The number of ether oxygens (including phenoxy) is 1. The van der Waals surface area contributed by atoms with E-state index in [9.17, 15) is 9.59 Å². The molecule has 1 aromatic rings. The summed E-state index contributed by atoms with van der Waals surface area (Å²) in [6.07, 6.45) is 6.65. The number of hydrogen-bond acceptors (Lipinski definition) is 7. The number of carbonyl (C=O) groups excluding carboxylic acids is 2. The van der Waals surface area contributed by atoms with Gasteiger partial charge in [-0.05, 0) is 19.8 Å². The van der Waals surface area contributed by atoms with Gasteiger partial charge in [0, 0.05) is 45.4 Å². The number of rotatable bonds is 8. The number of carbonyl (C=O) groups is 2. The van der Waals surface area contributed by atoms with Gasteiger partial charge in [-0.1, -0.05) is 30.8 Å². The molecule has 0 aromatic carbocycles. The fraction of sp³-hybridized carbons (Fsp3) is 0.810. The fourth-order valence-corrected chi connectivity index (χ4v) is 4.34. The minimum atomic E-state index is -0.556. The highest BCUT2D eigenvalue weighted by Gasteiger charge is 2.38. The summed E-state index contributed by atoms with van der Waals surface area (Å²) in [6.45, 7) is 7.55. The molecule has 0 bridgehead atoms. The van der Waals surface area contributed by atoms with Gasteiger partial charge in [-0.25, -0.2) is 0 Å². The maximum Gasteiger partial charge on any atom is 0.227 e. The van der Waals surface area contributed by atoms with Crippen LogP contribution in [0.4, 0.5) is 0 Å². The molecule has 2 amide bonds. The number of hydrogen-bond donors (Lipinski definition) is 2. The van der Waals surface area contributed by atoms with E-state index >= 15 is 0 Å². The summed E-state index contributed by atoms with van der Waals surface area (Å²) >= 11 is 0. The van der Waals surface area contributed by atoms with E-state index in [0.717, 1.165) is 64.8 Å². The number of aryl methyl sites for hydroxylation is 1. The molecule has 1 aromatic heterocycles. The molecule has 1 saturated heterocycles. The van der Waals surface area contributed by atoms with Crippen molar-refractivity contribution in [3.8, 4) is 0 Å². The number of morpholine rings is 1. The number of nitrogens with zero attached hydrogens (tertiary/aromatic N) is 3. The van der Waals surface area contributed by atoms with E-state index in [1.54, 1.807) is 0 Å². The Morgan fingerprint density at radius 2 is 1.87 bits per heavy atom. The van der Waals surface area contributed by atoms with Crippen LogP contribution < -0.4 is 10.6 Å². The SMILES string of the molecule is CC(=O)NC1(c2noc(CCC(=O)NCC(C)N3CCOCC3)n2)CCCCCC1. The first-order valence-corrected chi connectivity index (χ1v) is 11.2. The Morgan fingerprint density at radius 3 is 2.53 bits per heavy atom. The highest BCUT2D eigenvalue weighted by Crippen LogP contribution is 2.34. The number of aromatic nitrogens is 2. The molecule has 1 saturated carbocycles. The van der Waals surface area contributed by atoms with Crippen molar-refractivity contribution in [2.45, 2.75) is 76.8 Å². The molecular weight excluding hydrogens is 386 g/mol. The van der Waals surface area contributed by atoms with Gasteiger partial charge >= 0.3 is 0 Å². The molecule has 0 spiro atoms. The third kappa shape index (κ3) is 6.25. The predicted octanol–water partition coefficient (Wildman–Crippen LogP) is 1.52. The Hall–Kier alpha value is -2.00. The van der Waals surface area contributed by atoms with Gasteiger partial charge in [0.1, 0.15) is 5.54 Å². The molecular formula is C21H35N5O4. The first-order valence-electron chi connectivity index (χ1n) is 11.2. The van der Waals surface area contributed by atoms with Crippen LogP contribution in [0.15, 0.2) is 4.52 Å². The highest BCUT2D eigenvalue weighted by atomic mass is 16.5. The van der Waals surface area contributed by atoms with E-state index in [-0.39, 0.29) is 17.9 Å². The van der Waals surface area contributed by atoms with Crippen molar-refractivity contribution in [2.24, 2.45) is 0 Å². The molecule has 2 fully saturated rings. The zero-order valence-electron chi connectivity index (χ0n) is 18.2. The lowest BCUT2D eigenvalue weighted by Gasteiger charge is -2.32. The van der Waals surface area contributed by atoms with Crippen LogP contribution in [0.2, 0.25) is 0 Å². The maximum atomic E-state index is 12.3. The van der Waals surface area contributed by atoms with Gasteiger partial charge in [-0.2, -0.15) is 4.98 Å². The minimum absolute atomic E-state index is 0.0269. The lowest BCUT2D eigenvalue weighted by molar-refractivity contribution is -0.122. The fourth-order valence-electron chi connectivity index (χ4n) is 4.34. The summed E-state index contributed by atoms with van der Waals surface area (Å²) in [7, 11) is 0. The van der Waals surface area contributed by atoms with Crippen LogP contribution in [0.3, 0.4) is 0 Å². The van der Waals surface area contributed by atoms with E-state index in [0.29, 0.717) is 31.1 Å². The zero-order chi connectivity index (χ0) is 21.4. The van der Waals surface area contributed by atoms with Crippen molar-refractivity contribution in [3.63, 3.8) is 0 Å². The molecule has 2 heterocycles. The van der Waals surface area contributed by atoms with E-state index in [2.05, 4.69) is 32.6 Å². The van der Waals surface area contributed by atoms with Crippen LogP contribution >= 0.6 is 0 Å². The lowest BCUT2D eigenvalue weighted by Crippen LogP contribution is -2.47. The summed E-state index contributed by atoms with van der Waals surface area (Å²) < 4.78 is 10.8. The predicted molar refractivity (Wildman–Crippen MR) is 111 cm³/mol. The average molecular weight is 422 g/mol. The first-order chi connectivity index (χ1) is 14.5. The van der Waals surface area contributed by atoms with E-state index in [1.165, 1.54) is 6.92 Å². The van der Waals surface area contributed by atoms with Crippen molar-refractivity contribution >= 4 is 11.8 Å². The molecule has 30 heavy (non-hydrogen) atoms. The minimum Gasteiger partial charge on any atom is -0.379 e. The van der Waals surface area contributed by atoms with Gasteiger partial charge in [0.25, 0.3) is 0 Å². The van der Waals surface area contributed by atoms with Gasteiger partial charge in [-0.15, -0.1) is 0 Å². The van der Waals surface area contributed by atoms with Gasteiger partial charge in [0.05, 0.1) is 13.2 Å². The second kappa shape index (κ2) is 10.9. The molecule has 9 heteroatoms. The van der Waals surface area contributed by atoms with Crippen molar-refractivity contribution in [1.82, 2.24) is 25.7 Å². The Morgan fingerprint density at radius 1 is 1.17 bits per heavy atom. The third-order valence-corrected chi connectivity index (χ3v) is 6.10. The Labute approximate surface area is 178 Å². The largest absolute Gasteiger partial charge is 0.379 e. The monoisotopic (exact) mass is 421 g/mol. The van der Waals surface area contributed by atoms with Crippen LogP contribution in [0, 0.1) is 0 Å². The van der Waals surface area contributed by atoms with Gasteiger partial charge < -0.3 is 19.9 Å². The molecule has 168 valence electrons. The lowest BCUT2D eigenvalue weighted by atomic mass is 9.89. The quantitative estimate of drug-likeness (QED) is 0.613. The molecule has 3 rings (SSSR count). The van der Waals surface area contributed by atoms with Gasteiger partial charge in [-0.3, -0.25) is 14.5 Å². The number of nitrogens with one attached hydrogen (secondary N) is 2. The molecule has 1 aliphatic heterocycles. The normalized spacial score (nSPS) is 20.9. The molecule has 2 N–H and O–H groups in total. The summed E-state index contributed by atoms with van der Waals surface area (Å²) in [5.74, 6) is 0.865. The third-order valence-electron chi connectivity index (χ3n) is 6.10. The smallest absolute Gasteiger partial charge is 0.227 e. The Balaban J connectivity index is 1.50. The topological polar surface area (TPSA) is 110 Å². The maximum absolute atomic E-state index is 12.3. The van der Waals surface area contributed by atoms with Crippen LogP contribution in [0.25, 0.3) is 0 Å². The molecule has 9 nitrogen and oxygen atoms in total. The summed E-state index contributed by atoms with van der Waals surface area (Å²) in [4.78, 5) is 30.9. The molecule has 1 unspecified atom stereocenters. The van der Waals surface area contributed by atoms with E-state index < -0.39 is 5.54 Å². The highest BCUT2D eigenvalue weighted by molar-refractivity contribution is 5.76. The van der Waals surface area contributed by atoms with Crippen LogP contribution in [0.5, 0.6) is 0 Å². The summed E-state index contributed by atoms with van der Waals surface area (Å²) in [6, 6.07) is 0.278. The first kappa shape index (κ1) is 22.7. The van der Waals surface area contributed by atoms with E-state index in [1.807, 2.05) is 0 Å².